The van der Waals surface area contributed by atoms with Crippen LogP contribution in [0.2, 0.25) is 0 Å². The number of rotatable bonds is 2. The Kier molecular flexibility index (Phi) is 2.37. The molecular formula is C12H11F2NO. The van der Waals surface area contributed by atoms with Crippen LogP contribution in [0, 0.1) is 0 Å². The lowest BCUT2D eigenvalue weighted by Crippen LogP contribution is -2.23. The summed E-state index contributed by atoms with van der Waals surface area (Å²) >= 11 is 0. The number of halogens is 2. The zero-order chi connectivity index (χ0) is 11.9. The van der Waals surface area contributed by atoms with Gasteiger partial charge in [-0.2, -0.15) is 8.78 Å². The molecule has 2 rings (SSSR count). The van der Waals surface area contributed by atoms with E-state index in [1.54, 1.807) is 6.07 Å². The van der Waals surface area contributed by atoms with Crippen molar-refractivity contribution in [3.63, 3.8) is 0 Å². The second kappa shape index (κ2) is 3.47. The van der Waals surface area contributed by atoms with Gasteiger partial charge in [-0.3, -0.25) is 9.79 Å². The molecule has 0 bridgehead atoms. The van der Waals surface area contributed by atoms with Crippen molar-refractivity contribution in [2.24, 2.45) is 4.99 Å². The van der Waals surface area contributed by atoms with Gasteiger partial charge in [-0.15, -0.1) is 0 Å². The van der Waals surface area contributed by atoms with Crippen LogP contribution in [0.5, 0.6) is 0 Å². The van der Waals surface area contributed by atoms with Crippen molar-refractivity contribution in [1.29, 1.82) is 0 Å². The Hall–Kier alpha value is -1.58. The first-order valence-electron chi connectivity index (χ1n) is 4.96. The molecule has 4 heteroatoms. The molecule has 0 saturated heterocycles. The van der Waals surface area contributed by atoms with E-state index in [0.717, 1.165) is 23.8 Å². The second-order valence-corrected chi connectivity index (χ2v) is 3.90. The normalized spacial score (nSPS) is 14.6. The maximum atomic E-state index is 13.5. The number of hydrogen-bond acceptors (Lipinski definition) is 2. The number of hydrogen-bond donors (Lipinski definition) is 0. The Morgan fingerprint density at radius 1 is 1.44 bits per heavy atom. The van der Waals surface area contributed by atoms with Crippen LogP contribution in [0.25, 0.3) is 0 Å². The molecule has 1 heterocycles. The van der Waals surface area contributed by atoms with Crippen LogP contribution < -0.4 is 0 Å². The zero-order valence-corrected chi connectivity index (χ0v) is 9.05. The highest BCUT2D eigenvalue weighted by molar-refractivity contribution is 6.02. The Morgan fingerprint density at radius 2 is 2.12 bits per heavy atom. The van der Waals surface area contributed by atoms with E-state index in [0.29, 0.717) is 6.54 Å². The van der Waals surface area contributed by atoms with Gasteiger partial charge in [0.1, 0.15) is 0 Å². The van der Waals surface area contributed by atoms with Crippen molar-refractivity contribution in [2.75, 3.05) is 0 Å². The van der Waals surface area contributed by atoms with Gasteiger partial charge in [-0.1, -0.05) is 12.1 Å². The Labute approximate surface area is 92.0 Å². The lowest BCUT2D eigenvalue weighted by atomic mass is 9.98. The Bertz CT molecular complexity index is 492. The molecule has 1 aliphatic rings. The standard InChI is InChI=1S/C12H11F2NO/c1-7-11-4-3-10(5-9(11)6-15-7)12(13,14)8(2)16/h3-5H,6H2,1-2H3. The van der Waals surface area contributed by atoms with E-state index in [-0.39, 0.29) is 5.56 Å². The summed E-state index contributed by atoms with van der Waals surface area (Å²) in [6.07, 6.45) is 0. The van der Waals surface area contributed by atoms with Gasteiger partial charge >= 0.3 is 5.92 Å². The molecule has 0 aromatic heterocycles. The maximum Gasteiger partial charge on any atom is 0.330 e. The topological polar surface area (TPSA) is 29.4 Å². The molecule has 0 fully saturated rings. The van der Waals surface area contributed by atoms with Crippen molar-refractivity contribution in [2.45, 2.75) is 26.3 Å². The summed E-state index contributed by atoms with van der Waals surface area (Å²) in [5, 5.41) is 0. The van der Waals surface area contributed by atoms with Gasteiger partial charge in [0, 0.05) is 23.8 Å². The largest absolute Gasteiger partial charge is 0.330 e. The van der Waals surface area contributed by atoms with Crippen LogP contribution in [-0.4, -0.2) is 11.5 Å². The minimum absolute atomic E-state index is 0.247. The Balaban J connectivity index is 2.45. The van der Waals surface area contributed by atoms with E-state index in [1.807, 2.05) is 6.92 Å². The van der Waals surface area contributed by atoms with Gasteiger partial charge in [-0.05, 0) is 18.6 Å². The third-order valence-electron chi connectivity index (χ3n) is 2.79. The number of benzene rings is 1. The number of ketones is 1. The van der Waals surface area contributed by atoms with Crippen molar-refractivity contribution in [3.05, 3.63) is 34.9 Å². The predicted molar refractivity (Wildman–Crippen MR) is 56.9 cm³/mol. The molecular weight excluding hydrogens is 212 g/mol. The van der Waals surface area contributed by atoms with Gasteiger partial charge in [0.05, 0.1) is 6.54 Å². The minimum atomic E-state index is -3.40. The summed E-state index contributed by atoms with van der Waals surface area (Å²) in [7, 11) is 0. The van der Waals surface area contributed by atoms with E-state index >= 15 is 0 Å². The number of carbonyl (C=O) groups is 1. The van der Waals surface area contributed by atoms with E-state index in [1.165, 1.54) is 12.1 Å². The van der Waals surface area contributed by atoms with Gasteiger partial charge in [0.25, 0.3) is 0 Å². The van der Waals surface area contributed by atoms with E-state index in [9.17, 15) is 13.6 Å². The first kappa shape index (κ1) is 10.9. The van der Waals surface area contributed by atoms with E-state index < -0.39 is 11.7 Å². The number of carbonyl (C=O) groups excluding carboxylic acids is 1. The highest BCUT2D eigenvalue weighted by Gasteiger charge is 2.37. The molecule has 1 aromatic carbocycles. The van der Waals surface area contributed by atoms with Crippen LogP contribution in [0.1, 0.15) is 30.5 Å². The lowest BCUT2D eigenvalue weighted by Gasteiger charge is -2.14. The molecule has 16 heavy (non-hydrogen) atoms. The molecule has 1 aliphatic heterocycles. The molecule has 0 spiro atoms. The molecule has 2 nitrogen and oxygen atoms in total. The molecule has 0 saturated carbocycles. The average Bonchev–Trinajstić information content (AvgIpc) is 2.60. The number of nitrogens with zero attached hydrogens (tertiary/aromatic N) is 1. The molecule has 0 N–H and O–H groups in total. The van der Waals surface area contributed by atoms with Gasteiger partial charge in [0.2, 0.25) is 5.78 Å². The first-order valence-corrected chi connectivity index (χ1v) is 4.96. The molecule has 0 atom stereocenters. The third-order valence-corrected chi connectivity index (χ3v) is 2.79. The monoisotopic (exact) mass is 223 g/mol. The number of alkyl halides is 2. The Morgan fingerprint density at radius 3 is 2.75 bits per heavy atom. The summed E-state index contributed by atoms with van der Waals surface area (Å²) in [5.41, 5.74) is 2.26. The fourth-order valence-electron chi connectivity index (χ4n) is 1.76. The van der Waals surface area contributed by atoms with Crippen molar-refractivity contribution in [3.8, 4) is 0 Å². The van der Waals surface area contributed by atoms with Crippen molar-refractivity contribution < 1.29 is 13.6 Å². The van der Waals surface area contributed by atoms with Crippen LogP contribution in [-0.2, 0) is 17.3 Å². The van der Waals surface area contributed by atoms with Gasteiger partial charge < -0.3 is 0 Å². The molecule has 1 aromatic rings. The minimum Gasteiger partial charge on any atom is -0.293 e. The fraction of sp³-hybridized carbons (Fsp3) is 0.333. The third kappa shape index (κ3) is 1.54. The summed E-state index contributed by atoms with van der Waals surface area (Å²) < 4.78 is 26.9. The van der Waals surface area contributed by atoms with Crippen LogP contribution in [0.3, 0.4) is 0 Å². The number of aliphatic imine (C=N–C) groups is 1. The average molecular weight is 223 g/mol. The SMILES string of the molecule is CC(=O)C(F)(F)c1ccc2c(c1)CN=C2C. The van der Waals surface area contributed by atoms with Crippen molar-refractivity contribution in [1.82, 2.24) is 0 Å². The quantitative estimate of drug-likeness (QED) is 0.757. The predicted octanol–water partition coefficient (Wildman–Crippen LogP) is 2.69. The van der Waals surface area contributed by atoms with Crippen molar-refractivity contribution >= 4 is 11.5 Å². The molecule has 84 valence electrons. The first-order chi connectivity index (χ1) is 7.43. The van der Waals surface area contributed by atoms with Crippen LogP contribution >= 0.6 is 0 Å². The van der Waals surface area contributed by atoms with Crippen LogP contribution in [0.15, 0.2) is 23.2 Å². The molecule has 0 unspecified atom stereocenters. The molecule has 0 amide bonds. The second-order valence-electron chi connectivity index (χ2n) is 3.90. The van der Waals surface area contributed by atoms with E-state index in [4.69, 9.17) is 0 Å². The fourth-order valence-corrected chi connectivity index (χ4v) is 1.76. The summed E-state index contributed by atoms with van der Waals surface area (Å²) in [4.78, 5) is 15.0. The summed E-state index contributed by atoms with van der Waals surface area (Å²) in [5.74, 6) is -4.53. The summed E-state index contributed by atoms with van der Waals surface area (Å²) in [6.45, 7) is 3.16. The maximum absolute atomic E-state index is 13.5. The van der Waals surface area contributed by atoms with Crippen LogP contribution in [0.4, 0.5) is 8.78 Å². The lowest BCUT2D eigenvalue weighted by molar-refractivity contribution is -0.141. The van der Waals surface area contributed by atoms with Gasteiger partial charge in [-0.25, -0.2) is 0 Å². The van der Waals surface area contributed by atoms with E-state index in [2.05, 4.69) is 4.99 Å². The smallest absolute Gasteiger partial charge is 0.293 e. The number of fused-ring (bicyclic) bond motifs is 1. The molecule has 0 radical (unpaired) electrons. The number of Topliss-reactive ketones (excluding diaryl/α,β-unsaturated/α-hetero) is 1. The highest BCUT2D eigenvalue weighted by atomic mass is 19.3. The van der Waals surface area contributed by atoms with Gasteiger partial charge in [0.15, 0.2) is 0 Å². The highest BCUT2D eigenvalue weighted by Crippen LogP contribution is 2.31. The molecule has 0 aliphatic carbocycles. The summed E-state index contributed by atoms with van der Waals surface area (Å²) in [6, 6.07) is 4.27. The zero-order valence-electron chi connectivity index (χ0n) is 9.05.